The topological polar surface area (TPSA) is 86.3 Å². The highest BCUT2D eigenvalue weighted by atomic mass is 35.5. The second kappa shape index (κ2) is 10.4. The first kappa shape index (κ1) is 21.3. The third kappa shape index (κ3) is 6.03. The van der Waals surface area contributed by atoms with Crippen molar-refractivity contribution in [1.82, 2.24) is 15.6 Å². The summed E-state index contributed by atoms with van der Waals surface area (Å²) in [5, 5.41) is 19.7. The third-order valence-electron chi connectivity index (χ3n) is 5.76. The minimum absolute atomic E-state index is 0.0800. The summed E-state index contributed by atoms with van der Waals surface area (Å²) >= 11 is 6.07. The van der Waals surface area contributed by atoms with Gasteiger partial charge in [-0.1, -0.05) is 11.6 Å². The predicted molar refractivity (Wildman–Crippen MR) is 109 cm³/mol. The Labute approximate surface area is 170 Å². The van der Waals surface area contributed by atoms with Gasteiger partial charge in [-0.15, -0.1) is 0 Å². The molecular formula is C20H30ClFN4O2. The van der Waals surface area contributed by atoms with E-state index in [1.165, 1.54) is 6.20 Å². The van der Waals surface area contributed by atoms with Crippen LogP contribution in [-0.4, -0.2) is 53.4 Å². The number of hydrogen-bond donors (Lipinski definition) is 4. The lowest BCUT2D eigenvalue weighted by molar-refractivity contribution is 0.0868. The molecule has 6 nitrogen and oxygen atoms in total. The number of carbonyl (C=O) groups excluding carboxylic acids is 1. The van der Waals surface area contributed by atoms with Crippen molar-refractivity contribution < 1.29 is 14.3 Å². The van der Waals surface area contributed by atoms with E-state index in [0.29, 0.717) is 41.8 Å². The summed E-state index contributed by atoms with van der Waals surface area (Å²) in [6.45, 7) is 0.0668. The molecule has 4 N–H and O–H groups in total. The smallest absolute Gasteiger partial charge is 0.255 e. The van der Waals surface area contributed by atoms with Crippen LogP contribution < -0.4 is 16.0 Å². The van der Waals surface area contributed by atoms with E-state index in [9.17, 15) is 14.3 Å². The van der Waals surface area contributed by atoms with Crippen LogP contribution in [-0.2, 0) is 0 Å². The van der Waals surface area contributed by atoms with E-state index in [1.807, 2.05) is 0 Å². The van der Waals surface area contributed by atoms with Crippen molar-refractivity contribution in [3.05, 3.63) is 23.0 Å². The van der Waals surface area contributed by atoms with Gasteiger partial charge in [0.15, 0.2) is 0 Å². The molecule has 0 spiro atoms. The highest BCUT2D eigenvalue weighted by Gasteiger charge is 2.25. The van der Waals surface area contributed by atoms with Crippen molar-refractivity contribution in [3.63, 3.8) is 0 Å². The van der Waals surface area contributed by atoms with Crippen LogP contribution in [0.5, 0.6) is 0 Å². The van der Waals surface area contributed by atoms with E-state index >= 15 is 0 Å². The second-order valence-electron chi connectivity index (χ2n) is 7.87. The van der Waals surface area contributed by atoms with E-state index in [2.05, 4.69) is 20.9 Å². The molecule has 8 heteroatoms. The number of alkyl halides is 1. The number of aromatic nitrogens is 1. The Morgan fingerprint density at radius 1 is 1.11 bits per heavy atom. The molecule has 156 valence electrons. The number of aliphatic hydroxyl groups is 1. The third-order valence-corrected chi connectivity index (χ3v) is 5.97. The molecule has 3 rings (SSSR count). The number of anilines is 1. The average Bonchev–Trinajstić information content (AvgIpc) is 2.69. The van der Waals surface area contributed by atoms with Gasteiger partial charge in [-0.3, -0.25) is 4.79 Å². The maximum absolute atomic E-state index is 12.8. The second-order valence-corrected chi connectivity index (χ2v) is 8.25. The van der Waals surface area contributed by atoms with Crippen molar-refractivity contribution >= 4 is 23.2 Å². The molecule has 0 atom stereocenters. The van der Waals surface area contributed by atoms with Crippen molar-refractivity contribution in [2.75, 3.05) is 18.5 Å². The zero-order chi connectivity index (χ0) is 19.9. The molecular weight excluding hydrogens is 383 g/mol. The molecule has 2 saturated carbocycles. The zero-order valence-corrected chi connectivity index (χ0v) is 16.8. The van der Waals surface area contributed by atoms with Crippen molar-refractivity contribution in [1.29, 1.82) is 0 Å². The summed E-state index contributed by atoms with van der Waals surface area (Å²) in [6, 6.07) is 2.39. The number of pyridine rings is 1. The normalized spacial score (nSPS) is 28.0. The molecule has 1 heterocycles. The Kier molecular flexibility index (Phi) is 7.88. The molecule has 0 bridgehead atoms. The number of aliphatic hydroxyl groups excluding tert-OH is 1. The van der Waals surface area contributed by atoms with Crippen LogP contribution in [0.2, 0.25) is 5.15 Å². The highest BCUT2D eigenvalue weighted by molar-refractivity contribution is 6.29. The van der Waals surface area contributed by atoms with E-state index in [1.54, 1.807) is 6.07 Å². The standard InChI is InChI=1S/C20H30ClFN4O2/c21-19-11-18(25-14-3-1-13(2-4-14)23-10-9-22)17(12-24-19)20(28)26-15-5-7-16(27)8-6-15/h11-16,23,27H,1-10H2,(H,24,25)(H,26,28). The Morgan fingerprint density at radius 2 is 1.75 bits per heavy atom. The molecule has 28 heavy (non-hydrogen) atoms. The Bertz CT molecular complexity index is 647. The van der Waals surface area contributed by atoms with Gasteiger partial charge in [0.05, 0.1) is 17.4 Å². The zero-order valence-electron chi connectivity index (χ0n) is 16.1. The maximum Gasteiger partial charge on any atom is 0.255 e. The molecule has 2 fully saturated rings. The number of nitrogens with one attached hydrogen (secondary N) is 3. The number of carbonyl (C=O) groups is 1. The number of nitrogens with zero attached hydrogens (tertiary/aromatic N) is 1. The first-order valence-corrected chi connectivity index (χ1v) is 10.6. The van der Waals surface area contributed by atoms with Crippen LogP contribution in [0.3, 0.4) is 0 Å². The fourth-order valence-electron chi connectivity index (χ4n) is 4.13. The molecule has 1 amide bonds. The largest absolute Gasteiger partial charge is 0.393 e. The van der Waals surface area contributed by atoms with Crippen LogP contribution in [0.1, 0.15) is 61.7 Å². The van der Waals surface area contributed by atoms with Gasteiger partial charge in [0.25, 0.3) is 5.91 Å². The number of hydrogen-bond acceptors (Lipinski definition) is 5. The number of amides is 1. The van der Waals surface area contributed by atoms with E-state index < -0.39 is 0 Å². The molecule has 0 aromatic carbocycles. The molecule has 0 saturated heterocycles. The van der Waals surface area contributed by atoms with Crippen LogP contribution >= 0.6 is 11.6 Å². The van der Waals surface area contributed by atoms with Crippen molar-refractivity contribution in [3.8, 4) is 0 Å². The van der Waals surface area contributed by atoms with Crippen LogP contribution in [0, 0.1) is 0 Å². The van der Waals surface area contributed by atoms with Crippen LogP contribution in [0.25, 0.3) is 0 Å². The molecule has 2 aliphatic rings. The van der Waals surface area contributed by atoms with Gasteiger partial charge in [-0.05, 0) is 57.4 Å². The molecule has 1 aromatic heterocycles. The van der Waals surface area contributed by atoms with E-state index in [-0.39, 0.29) is 30.8 Å². The minimum Gasteiger partial charge on any atom is -0.393 e. The monoisotopic (exact) mass is 412 g/mol. The summed E-state index contributed by atoms with van der Waals surface area (Å²) in [6.07, 6.45) is 8.12. The number of halogens is 2. The van der Waals surface area contributed by atoms with Gasteiger partial charge in [-0.2, -0.15) is 0 Å². The predicted octanol–water partition coefficient (Wildman–Crippen LogP) is 3.05. The summed E-state index contributed by atoms with van der Waals surface area (Å²) in [7, 11) is 0. The van der Waals surface area contributed by atoms with Gasteiger partial charge in [0.1, 0.15) is 11.8 Å². The SMILES string of the molecule is O=C(NC1CCC(O)CC1)c1cnc(Cl)cc1NC1CCC(NCCF)CC1. The van der Waals surface area contributed by atoms with Gasteiger partial charge in [0, 0.05) is 30.9 Å². The minimum atomic E-state index is -0.341. The molecule has 0 radical (unpaired) electrons. The van der Waals surface area contributed by atoms with Crippen molar-refractivity contribution in [2.45, 2.75) is 75.6 Å². The van der Waals surface area contributed by atoms with Crippen LogP contribution in [0.4, 0.5) is 10.1 Å². The Hall–Kier alpha value is -1.44. The average molecular weight is 413 g/mol. The number of rotatable bonds is 7. The Balaban J connectivity index is 1.59. The molecule has 0 aliphatic heterocycles. The fraction of sp³-hybridized carbons (Fsp3) is 0.700. The lowest BCUT2D eigenvalue weighted by Crippen LogP contribution is -2.40. The van der Waals surface area contributed by atoms with Crippen LogP contribution in [0.15, 0.2) is 12.3 Å². The summed E-state index contributed by atoms with van der Waals surface area (Å²) in [4.78, 5) is 16.9. The van der Waals surface area contributed by atoms with Gasteiger partial charge in [-0.25, -0.2) is 9.37 Å². The highest BCUT2D eigenvalue weighted by Crippen LogP contribution is 2.26. The van der Waals surface area contributed by atoms with E-state index in [4.69, 9.17) is 11.6 Å². The summed E-state index contributed by atoms with van der Waals surface area (Å²) < 4.78 is 12.3. The first-order chi connectivity index (χ1) is 13.5. The quantitative estimate of drug-likeness (QED) is 0.517. The van der Waals surface area contributed by atoms with Crippen molar-refractivity contribution in [2.24, 2.45) is 0 Å². The van der Waals surface area contributed by atoms with Gasteiger partial charge in [0.2, 0.25) is 0 Å². The maximum atomic E-state index is 12.8. The summed E-state index contributed by atoms with van der Waals surface area (Å²) in [5.74, 6) is -0.161. The van der Waals surface area contributed by atoms with Gasteiger partial charge >= 0.3 is 0 Å². The fourth-order valence-corrected chi connectivity index (χ4v) is 4.29. The molecule has 2 aliphatic carbocycles. The summed E-state index contributed by atoms with van der Waals surface area (Å²) in [5.41, 5.74) is 1.20. The molecule has 0 unspecified atom stereocenters. The molecule has 1 aromatic rings. The lowest BCUT2D eigenvalue weighted by Gasteiger charge is -2.31. The Morgan fingerprint density at radius 3 is 2.43 bits per heavy atom. The first-order valence-electron chi connectivity index (χ1n) is 10.3. The van der Waals surface area contributed by atoms with Gasteiger partial charge < -0.3 is 21.1 Å². The van der Waals surface area contributed by atoms with E-state index in [0.717, 1.165) is 38.5 Å². The lowest BCUT2D eigenvalue weighted by atomic mass is 9.90.